The molecule has 112 valence electrons. The fourth-order valence-corrected chi connectivity index (χ4v) is 1.98. The fraction of sp³-hybridized carbons (Fsp3) is 0.333. The zero-order valence-electron chi connectivity index (χ0n) is 11.7. The first-order valence-corrected chi connectivity index (χ1v) is 6.99. The third-order valence-corrected chi connectivity index (χ3v) is 3.05. The van der Waals surface area contributed by atoms with E-state index in [-0.39, 0.29) is 13.2 Å². The maximum absolute atomic E-state index is 11.5. The second kappa shape index (κ2) is 7.81. The minimum absolute atomic E-state index is 0.181. The van der Waals surface area contributed by atoms with Crippen LogP contribution in [0.1, 0.15) is 6.92 Å². The molecule has 0 fully saturated rings. The summed E-state index contributed by atoms with van der Waals surface area (Å²) >= 11 is 6.09. The highest BCUT2D eigenvalue weighted by Gasteiger charge is 2.09. The van der Waals surface area contributed by atoms with Gasteiger partial charge in [0.05, 0.1) is 11.6 Å². The summed E-state index contributed by atoms with van der Waals surface area (Å²) in [5.41, 5.74) is 0.618. The molecule has 0 spiro atoms. The first-order chi connectivity index (χ1) is 10.2. The van der Waals surface area contributed by atoms with E-state index in [1.54, 1.807) is 24.4 Å². The minimum Gasteiger partial charge on any atom is -0.480 e. The number of benzene rings is 1. The van der Waals surface area contributed by atoms with Crippen LogP contribution >= 0.6 is 11.6 Å². The van der Waals surface area contributed by atoms with Crippen LogP contribution in [0.5, 0.6) is 5.75 Å². The molecule has 6 heteroatoms. The van der Waals surface area contributed by atoms with Gasteiger partial charge < -0.3 is 14.2 Å². The number of aromatic nitrogens is 1. The van der Waals surface area contributed by atoms with E-state index in [1.165, 1.54) is 0 Å². The van der Waals surface area contributed by atoms with Crippen molar-refractivity contribution in [1.82, 2.24) is 4.98 Å². The highest BCUT2D eigenvalue weighted by molar-refractivity contribution is 6.35. The molecule has 2 rings (SSSR count). The predicted molar refractivity (Wildman–Crippen MR) is 79.7 cm³/mol. The van der Waals surface area contributed by atoms with Gasteiger partial charge in [-0.3, -0.25) is 4.98 Å². The van der Waals surface area contributed by atoms with E-state index in [2.05, 4.69) is 4.98 Å². The van der Waals surface area contributed by atoms with Crippen molar-refractivity contribution in [1.29, 1.82) is 0 Å². The number of nitrogens with zero attached hydrogens (tertiary/aromatic N) is 1. The first-order valence-electron chi connectivity index (χ1n) is 6.61. The van der Waals surface area contributed by atoms with Crippen LogP contribution in [0.15, 0.2) is 30.5 Å². The molecule has 5 nitrogen and oxygen atoms in total. The van der Waals surface area contributed by atoms with Crippen molar-refractivity contribution in [2.75, 3.05) is 26.4 Å². The summed E-state index contributed by atoms with van der Waals surface area (Å²) in [6, 6.07) is 7.03. The molecule has 0 saturated heterocycles. The monoisotopic (exact) mass is 309 g/mol. The van der Waals surface area contributed by atoms with Crippen LogP contribution in [0.25, 0.3) is 10.9 Å². The average molecular weight is 310 g/mol. The third kappa shape index (κ3) is 4.31. The maximum Gasteiger partial charge on any atom is 0.344 e. The molecule has 0 N–H and O–H groups in total. The lowest BCUT2D eigenvalue weighted by atomic mass is 10.2. The summed E-state index contributed by atoms with van der Waals surface area (Å²) in [6.07, 6.45) is 1.64. The van der Waals surface area contributed by atoms with E-state index < -0.39 is 5.97 Å². The van der Waals surface area contributed by atoms with Crippen molar-refractivity contribution in [2.45, 2.75) is 6.92 Å². The standard InChI is InChI=1S/C15H16ClNO4/c1-2-19-8-9-20-14(18)10-21-13-6-5-12(16)11-4-3-7-17-15(11)13/h3-7H,2,8-10H2,1H3. The van der Waals surface area contributed by atoms with E-state index in [1.807, 2.05) is 13.0 Å². The van der Waals surface area contributed by atoms with Crippen LogP contribution in [-0.4, -0.2) is 37.4 Å². The predicted octanol–water partition coefficient (Wildman–Crippen LogP) is 2.85. The van der Waals surface area contributed by atoms with Gasteiger partial charge >= 0.3 is 5.97 Å². The van der Waals surface area contributed by atoms with Crippen LogP contribution in [0.4, 0.5) is 0 Å². The van der Waals surface area contributed by atoms with Crippen molar-refractivity contribution < 1.29 is 19.0 Å². The van der Waals surface area contributed by atoms with Gasteiger partial charge in [-0.05, 0) is 31.2 Å². The molecular weight excluding hydrogens is 294 g/mol. The van der Waals surface area contributed by atoms with Gasteiger partial charge in [0.25, 0.3) is 0 Å². The fourth-order valence-electron chi connectivity index (χ4n) is 1.77. The van der Waals surface area contributed by atoms with Crippen LogP contribution in [0.3, 0.4) is 0 Å². The van der Waals surface area contributed by atoms with Crippen LogP contribution < -0.4 is 4.74 Å². The molecule has 1 aromatic heterocycles. The number of fused-ring (bicyclic) bond motifs is 1. The lowest BCUT2D eigenvalue weighted by Crippen LogP contribution is -2.17. The quantitative estimate of drug-likeness (QED) is 0.581. The molecule has 1 aromatic carbocycles. The molecule has 0 saturated carbocycles. The van der Waals surface area contributed by atoms with E-state index >= 15 is 0 Å². The zero-order chi connectivity index (χ0) is 15.1. The number of carbonyl (C=O) groups excluding carboxylic acids is 1. The van der Waals surface area contributed by atoms with Gasteiger partial charge in [-0.1, -0.05) is 11.6 Å². The Morgan fingerprint density at radius 3 is 2.95 bits per heavy atom. The zero-order valence-corrected chi connectivity index (χ0v) is 12.4. The lowest BCUT2D eigenvalue weighted by Gasteiger charge is -2.09. The van der Waals surface area contributed by atoms with Gasteiger partial charge in [0, 0.05) is 18.2 Å². The Bertz CT molecular complexity index is 618. The number of ether oxygens (including phenoxy) is 3. The van der Waals surface area contributed by atoms with Crippen LogP contribution in [0, 0.1) is 0 Å². The van der Waals surface area contributed by atoms with Crippen LogP contribution in [-0.2, 0) is 14.3 Å². The van der Waals surface area contributed by atoms with E-state index in [4.69, 9.17) is 25.8 Å². The summed E-state index contributed by atoms with van der Waals surface area (Å²) in [5, 5.41) is 1.37. The second-order valence-electron chi connectivity index (χ2n) is 4.15. The Kier molecular flexibility index (Phi) is 5.78. The van der Waals surface area contributed by atoms with E-state index in [0.29, 0.717) is 29.5 Å². The third-order valence-electron chi connectivity index (χ3n) is 2.72. The Hall–Kier alpha value is -1.85. The van der Waals surface area contributed by atoms with Gasteiger partial charge in [0.15, 0.2) is 6.61 Å². The summed E-state index contributed by atoms with van der Waals surface area (Å²) in [7, 11) is 0. The smallest absolute Gasteiger partial charge is 0.344 e. The number of rotatable bonds is 7. The number of halogens is 1. The Morgan fingerprint density at radius 1 is 1.29 bits per heavy atom. The highest BCUT2D eigenvalue weighted by Crippen LogP contribution is 2.29. The Balaban J connectivity index is 1.95. The Labute approximate surface area is 127 Å². The lowest BCUT2D eigenvalue weighted by molar-refractivity contribution is -0.147. The molecule has 2 aromatic rings. The minimum atomic E-state index is -0.450. The molecule has 21 heavy (non-hydrogen) atoms. The SMILES string of the molecule is CCOCCOC(=O)COc1ccc(Cl)c2cccnc12. The van der Waals surface area contributed by atoms with Gasteiger partial charge in [0.1, 0.15) is 17.9 Å². The van der Waals surface area contributed by atoms with Gasteiger partial charge in [-0.25, -0.2) is 4.79 Å². The number of pyridine rings is 1. The number of hydrogen-bond acceptors (Lipinski definition) is 5. The van der Waals surface area contributed by atoms with Gasteiger partial charge in [0.2, 0.25) is 0 Å². The molecule has 1 heterocycles. The molecule has 0 unspecified atom stereocenters. The summed E-state index contributed by atoms with van der Waals surface area (Å²) in [5.74, 6) is 0.0468. The molecule has 0 bridgehead atoms. The van der Waals surface area contributed by atoms with Crippen molar-refractivity contribution in [3.63, 3.8) is 0 Å². The largest absolute Gasteiger partial charge is 0.480 e. The maximum atomic E-state index is 11.5. The average Bonchev–Trinajstić information content (AvgIpc) is 2.51. The molecule has 0 atom stereocenters. The van der Waals surface area contributed by atoms with Crippen LogP contribution in [0.2, 0.25) is 5.02 Å². The first kappa shape index (κ1) is 15.5. The van der Waals surface area contributed by atoms with E-state index in [9.17, 15) is 4.79 Å². The van der Waals surface area contributed by atoms with Gasteiger partial charge in [-0.15, -0.1) is 0 Å². The van der Waals surface area contributed by atoms with Crippen molar-refractivity contribution in [2.24, 2.45) is 0 Å². The highest BCUT2D eigenvalue weighted by atomic mass is 35.5. The normalized spacial score (nSPS) is 10.6. The molecule has 0 aliphatic carbocycles. The molecule has 0 aliphatic heterocycles. The summed E-state index contributed by atoms with van der Waals surface area (Å²) in [4.78, 5) is 15.8. The summed E-state index contributed by atoms with van der Waals surface area (Å²) < 4.78 is 15.5. The summed E-state index contributed by atoms with van der Waals surface area (Å²) in [6.45, 7) is 2.89. The molecular formula is C15H16ClNO4. The topological polar surface area (TPSA) is 57.7 Å². The number of esters is 1. The van der Waals surface area contributed by atoms with Crippen molar-refractivity contribution in [3.05, 3.63) is 35.5 Å². The Morgan fingerprint density at radius 2 is 2.14 bits per heavy atom. The van der Waals surface area contributed by atoms with Crippen molar-refractivity contribution in [3.8, 4) is 5.75 Å². The number of hydrogen-bond donors (Lipinski definition) is 0. The van der Waals surface area contributed by atoms with Gasteiger partial charge in [-0.2, -0.15) is 0 Å². The molecule has 0 amide bonds. The van der Waals surface area contributed by atoms with Crippen molar-refractivity contribution >= 4 is 28.5 Å². The molecule has 0 aliphatic rings. The second-order valence-corrected chi connectivity index (χ2v) is 4.56. The molecule has 0 radical (unpaired) electrons. The number of carbonyl (C=O) groups is 1. The van der Waals surface area contributed by atoms with E-state index in [0.717, 1.165) is 5.39 Å².